The van der Waals surface area contributed by atoms with Gasteiger partial charge in [0.25, 0.3) is 0 Å². The van der Waals surface area contributed by atoms with Crippen LogP contribution in [0.25, 0.3) is 79.5 Å². The first kappa shape index (κ1) is 30.3. The molecular weight excluding hydrogens is 632 g/mol. The van der Waals surface area contributed by atoms with Gasteiger partial charge in [-0.25, -0.2) is 34.3 Å². The van der Waals surface area contributed by atoms with Gasteiger partial charge < -0.3 is 0 Å². The van der Waals surface area contributed by atoms with Crippen LogP contribution >= 0.6 is 0 Å². The predicted octanol–water partition coefficient (Wildman–Crippen LogP) is 10.3. The third-order valence-corrected chi connectivity index (χ3v) is 9.26. The Bertz CT molecular complexity index is 2250. The van der Waals surface area contributed by atoms with Crippen LogP contribution in [0.3, 0.4) is 0 Å². The molecule has 0 aliphatic heterocycles. The molecule has 2 heterocycles. The predicted molar refractivity (Wildman–Crippen MR) is 199 cm³/mol. The number of nitrogens with zero attached hydrogens (tertiary/aromatic N) is 6. The van der Waals surface area contributed by atoms with Crippen LogP contribution in [0.1, 0.15) is 18.1 Å². The van der Waals surface area contributed by atoms with Crippen LogP contribution in [0.2, 0.25) is 0 Å². The highest BCUT2D eigenvalue weighted by molar-refractivity contribution is 5.84. The molecule has 0 saturated heterocycles. The zero-order valence-corrected chi connectivity index (χ0v) is 27.6. The summed E-state index contributed by atoms with van der Waals surface area (Å²) in [4.78, 5) is 29.1. The molecule has 7 heteroatoms. The molecule has 6 nitrogen and oxygen atoms in total. The fourth-order valence-electron chi connectivity index (χ4n) is 6.63. The monoisotopic (exact) mass is 660 g/mol. The maximum Gasteiger partial charge on any atom is 0.164 e. The highest BCUT2D eigenvalue weighted by Crippen LogP contribution is 2.51. The van der Waals surface area contributed by atoms with Gasteiger partial charge in [0.1, 0.15) is 0 Å². The summed E-state index contributed by atoms with van der Waals surface area (Å²) in [5, 5.41) is 0. The third-order valence-electron chi connectivity index (χ3n) is 9.26. The highest BCUT2D eigenvalue weighted by Gasteiger charge is 2.40. The molecule has 0 unspecified atom stereocenters. The molecule has 0 bridgehead atoms. The van der Waals surface area contributed by atoms with Crippen molar-refractivity contribution in [2.24, 2.45) is 0 Å². The first-order chi connectivity index (χ1) is 25.0. The van der Waals surface area contributed by atoms with Crippen LogP contribution in [0.15, 0.2) is 158 Å². The number of benzene rings is 6. The molecular formula is C44H29FN6. The lowest BCUT2D eigenvalue weighted by Crippen LogP contribution is -2.13. The minimum Gasteiger partial charge on any atom is -0.234 e. The van der Waals surface area contributed by atoms with E-state index in [-0.39, 0.29) is 0 Å². The lowest BCUT2D eigenvalue weighted by atomic mass is 9.93. The molecule has 0 N–H and O–H groups in total. The molecule has 1 aliphatic rings. The van der Waals surface area contributed by atoms with Gasteiger partial charge in [-0.05, 0) is 30.2 Å². The van der Waals surface area contributed by atoms with E-state index in [1.807, 2.05) is 158 Å². The number of hydrogen-bond donors (Lipinski definition) is 0. The summed E-state index contributed by atoms with van der Waals surface area (Å²) >= 11 is 0. The van der Waals surface area contributed by atoms with Crippen molar-refractivity contribution in [2.45, 2.75) is 12.6 Å². The quantitative estimate of drug-likeness (QED) is 0.177. The fraction of sp³-hybridized carbons (Fsp3) is 0.0455. The van der Waals surface area contributed by atoms with Crippen LogP contribution < -0.4 is 0 Å². The van der Waals surface area contributed by atoms with Crippen LogP contribution in [0.4, 0.5) is 4.39 Å². The number of hydrogen-bond acceptors (Lipinski definition) is 6. The minimum absolute atomic E-state index is 0.477. The first-order valence-electron chi connectivity index (χ1n) is 16.7. The summed E-state index contributed by atoms with van der Waals surface area (Å²) in [6.45, 7) is 1.61. The molecule has 242 valence electrons. The lowest BCUT2D eigenvalue weighted by Gasteiger charge is -2.18. The molecule has 2 aromatic heterocycles. The van der Waals surface area contributed by atoms with Gasteiger partial charge in [-0.2, -0.15) is 0 Å². The lowest BCUT2D eigenvalue weighted by molar-refractivity contribution is 0.259. The van der Waals surface area contributed by atoms with Gasteiger partial charge in [-0.1, -0.05) is 146 Å². The SMILES string of the molecule is CC1(F)c2cc(-c3nc(-c4ccccc4)nc(-c4ccccc4)n3)ccc2-c2ccc(-c3nc(-c4ccccc4)nc(-c4ccccc4)n3)cc21. The van der Waals surface area contributed by atoms with Crippen LogP contribution in [-0.2, 0) is 5.67 Å². The van der Waals surface area contributed by atoms with Crippen molar-refractivity contribution in [3.63, 3.8) is 0 Å². The third kappa shape index (κ3) is 5.55. The molecule has 1 aliphatic carbocycles. The van der Waals surface area contributed by atoms with E-state index in [1.165, 1.54) is 0 Å². The Morgan fingerprint density at radius 3 is 0.863 bits per heavy atom. The van der Waals surface area contributed by atoms with Gasteiger partial charge in [0, 0.05) is 44.5 Å². The van der Waals surface area contributed by atoms with E-state index in [2.05, 4.69) is 0 Å². The second-order valence-corrected chi connectivity index (χ2v) is 12.6. The Hall–Kier alpha value is -6.73. The normalized spacial score (nSPS) is 12.7. The van der Waals surface area contributed by atoms with E-state index < -0.39 is 5.67 Å². The zero-order chi connectivity index (χ0) is 34.4. The molecule has 8 aromatic rings. The standard InChI is InChI=1S/C44H29FN6/c1-44(45)36-26-32(42-48-38(28-14-6-2-7-15-28)46-39(49-42)29-16-8-3-9-17-29)22-24-34(36)35-25-23-33(27-37(35)44)43-50-40(30-18-10-4-11-19-30)47-41(51-43)31-20-12-5-13-21-31/h2-27H,1H3. The number of rotatable bonds is 6. The molecule has 9 rings (SSSR count). The second-order valence-electron chi connectivity index (χ2n) is 12.6. The number of halogens is 1. The van der Waals surface area contributed by atoms with Crippen molar-refractivity contribution in [3.05, 3.63) is 169 Å². The molecule has 51 heavy (non-hydrogen) atoms. The molecule has 0 atom stereocenters. The summed E-state index contributed by atoms with van der Waals surface area (Å²) in [6, 6.07) is 50.9. The van der Waals surface area contributed by atoms with E-state index in [4.69, 9.17) is 29.9 Å². The molecule has 0 spiro atoms. The van der Waals surface area contributed by atoms with Crippen LogP contribution in [0.5, 0.6) is 0 Å². The van der Waals surface area contributed by atoms with E-state index in [0.717, 1.165) is 33.4 Å². The average molecular weight is 661 g/mol. The van der Waals surface area contributed by atoms with Gasteiger partial charge in [0.2, 0.25) is 0 Å². The number of aromatic nitrogens is 6. The van der Waals surface area contributed by atoms with Gasteiger partial charge in [-0.3, -0.25) is 0 Å². The second kappa shape index (κ2) is 12.3. The molecule has 0 amide bonds. The van der Waals surface area contributed by atoms with Crippen molar-refractivity contribution in [3.8, 4) is 79.5 Å². The van der Waals surface area contributed by atoms with Crippen LogP contribution in [-0.4, -0.2) is 29.9 Å². The van der Waals surface area contributed by atoms with E-state index >= 15 is 4.39 Å². The first-order valence-corrected chi connectivity index (χ1v) is 16.7. The van der Waals surface area contributed by atoms with Gasteiger partial charge in [0.05, 0.1) is 0 Å². The van der Waals surface area contributed by atoms with Crippen molar-refractivity contribution >= 4 is 0 Å². The van der Waals surface area contributed by atoms with Gasteiger partial charge in [0.15, 0.2) is 40.6 Å². The fourth-order valence-corrected chi connectivity index (χ4v) is 6.63. The molecule has 6 aromatic carbocycles. The topological polar surface area (TPSA) is 77.3 Å². The summed E-state index contributed by atoms with van der Waals surface area (Å²) in [5.41, 5.74) is 5.89. The number of alkyl halides is 1. The number of fused-ring (bicyclic) bond motifs is 3. The summed E-state index contributed by atoms with van der Waals surface area (Å²) in [6.07, 6.45) is 0. The summed E-state index contributed by atoms with van der Waals surface area (Å²) < 4.78 is 17.3. The van der Waals surface area contributed by atoms with Gasteiger partial charge >= 0.3 is 0 Å². The smallest absolute Gasteiger partial charge is 0.164 e. The minimum atomic E-state index is -1.80. The van der Waals surface area contributed by atoms with Crippen LogP contribution in [0, 0.1) is 0 Å². The Kier molecular flexibility index (Phi) is 7.32. The maximum atomic E-state index is 17.3. The highest BCUT2D eigenvalue weighted by atomic mass is 19.1. The summed E-state index contributed by atoms with van der Waals surface area (Å²) in [7, 11) is 0. The van der Waals surface area contributed by atoms with Gasteiger partial charge in [-0.15, -0.1) is 0 Å². The Morgan fingerprint density at radius 2 is 0.588 bits per heavy atom. The van der Waals surface area contributed by atoms with Crippen molar-refractivity contribution in [2.75, 3.05) is 0 Å². The Labute approximate surface area is 294 Å². The van der Waals surface area contributed by atoms with Crippen molar-refractivity contribution in [1.29, 1.82) is 0 Å². The molecule has 0 saturated carbocycles. The Morgan fingerprint density at radius 1 is 0.333 bits per heavy atom. The Balaban J connectivity index is 1.14. The van der Waals surface area contributed by atoms with E-state index in [9.17, 15) is 0 Å². The average Bonchev–Trinajstić information content (AvgIpc) is 3.43. The zero-order valence-electron chi connectivity index (χ0n) is 27.6. The van der Waals surface area contributed by atoms with Crippen molar-refractivity contribution in [1.82, 2.24) is 29.9 Å². The summed E-state index contributed by atoms with van der Waals surface area (Å²) in [5.74, 6) is 3.17. The van der Waals surface area contributed by atoms with E-state index in [1.54, 1.807) is 6.92 Å². The molecule has 0 fully saturated rings. The van der Waals surface area contributed by atoms with Crippen molar-refractivity contribution < 1.29 is 4.39 Å². The van der Waals surface area contributed by atoms with E-state index in [0.29, 0.717) is 57.2 Å². The molecule has 0 radical (unpaired) electrons. The largest absolute Gasteiger partial charge is 0.234 e. The maximum absolute atomic E-state index is 17.3.